The molecule has 0 aromatic heterocycles. The first-order valence-electron chi connectivity index (χ1n) is 7.02. The summed E-state index contributed by atoms with van der Waals surface area (Å²) >= 11 is 0. The third-order valence-electron chi connectivity index (χ3n) is 3.05. The number of non-ortho nitro benzene ring substituents is 1. The Bertz CT molecular complexity index is 546. The number of unbranched alkanes of at least 4 members (excludes halogenated alkanes) is 1. The fourth-order valence-electron chi connectivity index (χ4n) is 1.72. The molecule has 0 saturated heterocycles. The van der Waals surface area contributed by atoms with Crippen LogP contribution in [0.2, 0.25) is 0 Å². The van der Waals surface area contributed by atoms with Crippen molar-refractivity contribution in [3.63, 3.8) is 0 Å². The Morgan fingerprint density at radius 3 is 2.52 bits per heavy atom. The molecule has 0 unspecified atom stereocenters. The van der Waals surface area contributed by atoms with Gasteiger partial charge in [0, 0.05) is 18.7 Å². The predicted molar refractivity (Wildman–Crippen MR) is 80.7 cm³/mol. The van der Waals surface area contributed by atoms with E-state index in [0.29, 0.717) is 31.4 Å². The first kappa shape index (κ1) is 18.4. The van der Waals surface area contributed by atoms with E-state index in [4.69, 9.17) is 15.6 Å². The number of nitro benzene ring substituents is 1. The average molecular weight is 325 g/mol. The number of hydrogen-bond acceptors (Lipinski definition) is 6. The molecule has 1 amide bonds. The van der Waals surface area contributed by atoms with Gasteiger partial charge in [-0.2, -0.15) is 0 Å². The second-order valence-electron chi connectivity index (χ2n) is 4.87. The van der Waals surface area contributed by atoms with Gasteiger partial charge >= 0.3 is 12.1 Å². The molecule has 0 fully saturated rings. The summed E-state index contributed by atoms with van der Waals surface area (Å²) in [6.07, 6.45) is 0.907. The Kier molecular flexibility index (Phi) is 7.48. The zero-order chi connectivity index (χ0) is 17.2. The Balaban J connectivity index is 2.17. The number of nitrogens with one attached hydrogen (secondary N) is 1. The number of hydrogen-bond donors (Lipinski definition) is 3. The standard InChI is InChI=1S/C14H19N3O6/c15-12(13(18)19)3-1-2-8-16-14(20)23-9-10-4-6-11(7-5-10)17(21)22/h4-7,12H,1-3,8-9,15H2,(H,16,20)(H,18,19)/t12-/m1/s1. The molecule has 0 bridgehead atoms. The van der Waals surface area contributed by atoms with Gasteiger partial charge in [0.25, 0.3) is 5.69 Å². The van der Waals surface area contributed by atoms with Gasteiger partial charge in [-0.3, -0.25) is 14.9 Å². The number of carbonyl (C=O) groups is 2. The highest BCUT2D eigenvalue weighted by molar-refractivity contribution is 5.72. The normalized spacial score (nSPS) is 11.5. The number of rotatable bonds is 9. The maximum Gasteiger partial charge on any atom is 0.407 e. The van der Waals surface area contributed by atoms with Crippen molar-refractivity contribution in [3.8, 4) is 0 Å². The molecule has 4 N–H and O–H groups in total. The van der Waals surface area contributed by atoms with E-state index in [1.54, 1.807) is 0 Å². The van der Waals surface area contributed by atoms with E-state index in [-0.39, 0.29) is 12.3 Å². The van der Waals surface area contributed by atoms with Gasteiger partial charge in [0.1, 0.15) is 12.6 Å². The minimum Gasteiger partial charge on any atom is -0.480 e. The highest BCUT2D eigenvalue weighted by Gasteiger charge is 2.10. The number of ether oxygens (including phenoxy) is 1. The maximum absolute atomic E-state index is 11.4. The maximum atomic E-state index is 11.4. The van der Waals surface area contributed by atoms with Crippen molar-refractivity contribution in [2.24, 2.45) is 5.73 Å². The van der Waals surface area contributed by atoms with Crippen LogP contribution < -0.4 is 11.1 Å². The summed E-state index contributed by atoms with van der Waals surface area (Å²) in [7, 11) is 0. The predicted octanol–water partition coefficient (Wildman–Crippen LogP) is 1.40. The molecule has 0 aliphatic rings. The summed E-state index contributed by atoms with van der Waals surface area (Å²) < 4.78 is 4.96. The van der Waals surface area contributed by atoms with Crippen LogP contribution in [0.15, 0.2) is 24.3 Å². The van der Waals surface area contributed by atoms with Gasteiger partial charge in [-0.25, -0.2) is 4.79 Å². The summed E-state index contributed by atoms with van der Waals surface area (Å²) in [6.45, 7) is 0.360. The van der Waals surface area contributed by atoms with Gasteiger partial charge in [0.2, 0.25) is 0 Å². The topological polar surface area (TPSA) is 145 Å². The van der Waals surface area contributed by atoms with Crippen molar-refractivity contribution >= 4 is 17.7 Å². The lowest BCUT2D eigenvalue weighted by Gasteiger charge is -2.08. The zero-order valence-electron chi connectivity index (χ0n) is 12.4. The van der Waals surface area contributed by atoms with Gasteiger partial charge in [-0.05, 0) is 37.0 Å². The number of amides is 1. The molecule has 0 saturated carbocycles. The number of aliphatic carboxylic acids is 1. The van der Waals surface area contributed by atoms with Crippen molar-refractivity contribution in [3.05, 3.63) is 39.9 Å². The molecule has 0 aliphatic carbocycles. The fraction of sp³-hybridized carbons (Fsp3) is 0.429. The molecule has 1 aromatic rings. The second-order valence-corrected chi connectivity index (χ2v) is 4.87. The van der Waals surface area contributed by atoms with Crippen LogP contribution in [0.5, 0.6) is 0 Å². The number of alkyl carbamates (subject to hydrolysis) is 1. The number of nitrogens with zero attached hydrogens (tertiary/aromatic N) is 1. The number of carboxylic acids is 1. The van der Waals surface area contributed by atoms with Gasteiger partial charge in [-0.15, -0.1) is 0 Å². The molecular weight excluding hydrogens is 306 g/mol. The van der Waals surface area contributed by atoms with Crippen molar-refractivity contribution in [2.75, 3.05) is 6.54 Å². The minimum atomic E-state index is -1.04. The van der Waals surface area contributed by atoms with Crippen molar-refractivity contribution in [1.29, 1.82) is 0 Å². The summed E-state index contributed by atoms with van der Waals surface area (Å²) in [6, 6.07) is 4.81. The van der Waals surface area contributed by atoms with E-state index in [0.717, 1.165) is 0 Å². The van der Waals surface area contributed by atoms with Crippen LogP contribution in [-0.2, 0) is 16.1 Å². The fourth-order valence-corrected chi connectivity index (χ4v) is 1.72. The number of carboxylic acid groups (broad SMARTS) is 1. The smallest absolute Gasteiger partial charge is 0.407 e. The third kappa shape index (κ3) is 7.23. The van der Waals surface area contributed by atoms with Crippen LogP contribution in [-0.4, -0.2) is 34.7 Å². The van der Waals surface area contributed by atoms with Crippen molar-refractivity contribution in [2.45, 2.75) is 31.9 Å². The zero-order valence-corrected chi connectivity index (χ0v) is 12.4. The van der Waals surface area contributed by atoms with E-state index in [1.165, 1.54) is 24.3 Å². The molecule has 9 heteroatoms. The lowest BCUT2D eigenvalue weighted by atomic mass is 10.1. The quantitative estimate of drug-likeness (QED) is 0.353. The van der Waals surface area contributed by atoms with E-state index in [9.17, 15) is 19.7 Å². The lowest BCUT2D eigenvalue weighted by Crippen LogP contribution is -2.30. The largest absolute Gasteiger partial charge is 0.480 e. The second kappa shape index (κ2) is 9.36. The van der Waals surface area contributed by atoms with Gasteiger partial charge in [0.15, 0.2) is 0 Å². The summed E-state index contributed by atoms with van der Waals surface area (Å²) in [5, 5.41) is 21.6. The van der Waals surface area contributed by atoms with Crippen LogP contribution in [0.1, 0.15) is 24.8 Å². The molecule has 0 spiro atoms. The van der Waals surface area contributed by atoms with Crippen LogP contribution in [0.3, 0.4) is 0 Å². The summed E-state index contributed by atoms with van der Waals surface area (Å²) in [5.74, 6) is -1.04. The van der Waals surface area contributed by atoms with Crippen molar-refractivity contribution < 1.29 is 24.4 Å². The van der Waals surface area contributed by atoms with Gasteiger partial charge in [-0.1, -0.05) is 0 Å². The molecule has 1 atom stereocenters. The molecule has 1 aromatic carbocycles. The van der Waals surface area contributed by atoms with Crippen molar-refractivity contribution in [1.82, 2.24) is 5.32 Å². The number of carbonyl (C=O) groups excluding carboxylic acids is 1. The highest BCUT2D eigenvalue weighted by atomic mass is 16.6. The molecule has 23 heavy (non-hydrogen) atoms. The average Bonchev–Trinajstić information content (AvgIpc) is 2.52. The Labute approximate surface area is 132 Å². The van der Waals surface area contributed by atoms with Crippen LogP contribution in [0.4, 0.5) is 10.5 Å². The molecule has 0 radical (unpaired) electrons. The molecule has 9 nitrogen and oxygen atoms in total. The summed E-state index contributed by atoms with van der Waals surface area (Å²) in [4.78, 5) is 31.9. The lowest BCUT2D eigenvalue weighted by molar-refractivity contribution is -0.384. The molecule has 0 heterocycles. The Morgan fingerprint density at radius 2 is 1.96 bits per heavy atom. The monoisotopic (exact) mass is 325 g/mol. The molecule has 0 aliphatic heterocycles. The molecule has 126 valence electrons. The number of benzene rings is 1. The SMILES string of the molecule is N[C@H](CCCCNC(=O)OCc1ccc([N+](=O)[O-])cc1)C(=O)O. The van der Waals surface area contributed by atoms with Crippen LogP contribution >= 0.6 is 0 Å². The Hall–Kier alpha value is -2.68. The first-order chi connectivity index (χ1) is 10.9. The van der Waals surface area contributed by atoms with Crippen LogP contribution in [0.25, 0.3) is 0 Å². The van der Waals surface area contributed by atoms with Crippen LogP contribution in [0, 0.1) is 10.1 Å². The number of nitro groups is 1. The molecule has 1 rings (SSSR count). The highest BCUT2D eigenvalue weighted by Crippen LogP contribution is 2.12. The summed E-state index contributed by atoms with van der Waals surface area (Å²) in [5.41, 5.74) is 5.95. The van der Waals surface area contributed by atoms with E-state index in [1.807, 2.05) is 0 Å². The van der Waals surface area contributed by atoms with E-state index < -0.39 is 23.0 Å². The first-order valence-corrected chi connectivity index (χ1v) is 7.02. The Morgan fingerprint density at radius 1 is 1.30 bits per heavy atom. The van der Waals surface area contributed by atoms with Gasteiger partial charge < -0.3 is 20.9 Å². The van der Waals surface area contributed by atoms with Gasteiger partial charge in [0.05, 0.1) is 4.92 Å². The number of nitrogens with two attached hydrogens (primary N) is 1. The van der Waals surface area contributed by atoms with E-state index in [2.05, 4.69) is 5.32 Å². The molecular formula is C14H19N3O6. The third-order valence-corrected chi connectivity index (χ3v) is 3.05. The minimum absolute atomic E-state index is 0.00765. The van der Waals surface area contributed by atoms with E-state index >= 15 is 0 Å².